The van der Waals surface area contributed by atoms with E-state index >= 15 is 0 Å². The molecule has 1 aromatic carbocycles. The van der Waals surface area contributed by atoms with Crippen molar-refractivity contribution in [3.8, 4) is 0 Å². The lowest BCUT2D eigenvalue weighted by Gasteiger charge is -2.19. The van der Waals surface area contributed by atoms with Gasteiger partial charge in [0.1, 0.15) is 0 Å². The molecule has 0 saturated carbocycles. The highest BCUT2D eigenvalue weighted by molar-refractivity contribution is 7.58. The van der Waals surface area contributed by atoms with Gasteiger partial charge in [-0.3, -0.25) is 4.57 Å². The van der Waals surface area contributed by atoms with Gasteiger partial charge in [0.2, 0.25) is 0 Å². The van der Waals surface area contributed by atoms with Gasteiger partial charge >= 0.3 is 7.60 Å². The predicted molar refractivity (Wildman–Crippen MR) is 63.5 cm³/mol. The van der Waals surface area contributed by atoms with Crippen LogP contribution < -0.4 is 0 Å². The highest BCUT2D eigenvalue weighted by Crippen LogP contribution is 2.62. The minimum Gasteiger partial charge on any atom is -0.303 e. The molecule has 0 spiro atoms. The highest BCUT2D eigenvalue weighted by Gasteiger charge is 2.36. The smallest absolute Gasteiger partial charge is 0.303 e. The first kappa shape index (κ1) is 11.6. The summed E-state index contributed by atoms with van der Waals surface area (Å²) in [5, 5.41) is 0.538. The standard InChI is InChI=1S/C12H15O3P/c1-10(12-6-4-3-5-7-12)11(2)16(13)14-8-9-15-16/h3-7,10H,2,8-9H2,1H3. The van der Waals surface area contributed by atoms with Crippen molar-refractivity contribution < 1.29 is 13.6 Å². The van der Waals surface area contributed by atoms with Gasteiger partial charge < -0.3 is 9.05 Å². The molecule has 1 heterocycles. The van der Waals surface area contributed by atoms with E-state index in [2.05, 4.69) is 6.58 Å². The minimum atomic E-state index is -3.08. The SMILES string of the molecule is C=C(C(C)c1ccccc1)P1(=O)OCCO1. The summed E-state index contributed by atoms with van der Waals surface area (Å²) >= 11 is 0. The maximum atomic E-state index is 12.2. The largest absolute Gasteiger partial charge is 0.357 e. The molecule has 86 valence electrons. The number of hydrogen-bond acceptors (Lipinski definition) is 3. The second kappa shape index (κ2) is 4.54. The molecule has 4 heteroatoms. The van der Waals surface area contributed by atoms with E-state index in [0.29, 0.717) is 18.5 Å². The van der Waals surface area contributed by atoms with Gasteiger partial charge in [0, 0.05) is 11.2 Å². The van der Waals surface area contributed by atoms with Crippen molar-refractivity contribution in [3.05, 3.63) is 47.8 Å². The van der Waals surface area contributed by atoms with Crippen LogP contribution in [0.4, 0.5) is 0 Å². The molecular formula is C12H15O3P. The van der Waals surface area contributed by atoms with Crippen LogP contribution in [0, 0.1) is 0 Å². The molecule has 0 radical (unpaired) electrons. The van der Waals surface area contributed by atoms with Gasteiger partial charge in [0.25, 0.3) is 0 Å². The number of benzene rings is 1. The summed E-state index contributed by atoms with van der Waals surface area (Å²) in [6, 6.07) is 9.82. The monoisotopic (exact) mass is 238 g/mol. The molecule has 0 N–H and O–H groups in total. The molecule has 1 unspecified atom stereocenters. The van der Waals surface area contributed by atoms with Crippen LogP contribution in [0.2, 0.25) is 0 Å². The van der Waals surface area contributed by atoms with Crippen LogP contribution in [0.5, 0.6) is 0 Å². The topological polar surface area (TPSA) is 35.5 Å². The van der Waals surface area contributed by atoms with Gasteiger partial charge in [-0.05, 0) is 5.56 Å². The highest BCUT2D eigenvalue weighted by atomic mass is 31.2. The molecule has 0 aromatic heterocycles. The molecular weight excluding hydrogens is 223 g/mol. The Bertz CT molecular complexity index is 417. The van der Waals surface area contributed by atoms with Gasteiger partial charge in [0.05, 0.1) is 13.2 Å². The predicted octanol–water partition coefficient (Wildman–Crippen LogP) is 3.54. The van der Waals surface area contributed by atoms with Crippen LogP contribution in [0.15, 0.2) is 42.2 Å². The summed E-state index contributed by atoms with van der Waals surface area (Å²) in [5.41, 5.74) is 1.07. The normalized spacial score (nSPS) is 20.6. The average Bonchev–Trinajstić information content (AvgIpc) is 2.77. The molecule has 1 aliphatic rings. The van der Waals surface area contributed by atoms with Gasteiger partial charge in [0.15, 0.2) is 0 Å². The van der Waals surface area contributed by atoms with E-state index in [0.717, 1.165) is 5.56 Å². The fourth-order valence-corrected chi connectivity index (χ4v) is 3.35. The van der Waals surface area contributed by atoms with E-state index in [-0.39, 0.29) is 5.92 Å². The average molecular weight is 238 g/mol. The first-order valence-corrected chi connectivity index (χ1v) is 6.81. The summed E-state index contributed by atoms with van der Waals surface area (Å²) in [5.74, 6) is -0.0230. The van der Waals surface area contributed by atoms with Gasteiger partial charge in [-0.15, -0.1) is 0 Å². The van der Waals surface area contributed by atoms with E-state index in [1.54, 1.807) is 0 Å². The van der Waals surface area contributed by atoms with Crippen LogP contribution in [-0.2, 0) is 13.6 Å². The van der Waals surface area contributed by atoms with Crippen molar-refractivity contribution in [2.24, 2.45) is 0 Å². The van der Waals surface area contributed by atoms with Gasteiger partial charge in [-0.1, -0.05) is 43.8 Å². The third kappa shape index (κ3) is 2.12. The van der Waals surface area contributed by atoms with E-state index in [1.807, 2.05) is 37.3 Å². The molecule has 1 atom stereocenters. The zero-order valence-electron chi connectivity index (χ0n) is 9.26. The molecule has 1 saturated heterocycles. The van der Waals surface area contributed by atoms with Crippen molar-refractivity contribution in [2.75, 3.05) is 13.2 Å². The lowest BCUT2D eigenvalue weighted by molar-refractivity contribution is 0.358. The zero-order valence-corrected chi connectivity index (χ0v) is 10.2. The lowest BCUT2D eigenvalue weighted by Crippen LogP contribution is -1.98. The van der Waals surface area contributed by atoms with Crippen LogP contribution in [0.25, 0.3) is 0 Å². The van der Waals surface area contributed by atoms with Gasteiger partial charge in [-0.25, -0.2) is 0 Å². The first-order valence-electron chi connectivity index (χ1n) is 5.27. The van der Waals surface area contributed by atoms with E-state index < -0.39 is 7.60 Å². The zero-order chi connectivity index (χ0) is 11.6. The fraction of sp³-hybridized carbons (Fsp3) is 0.333. The Morgan fingerprint density at radius 1 is 1.31 bits per heavy atom. The summed E-state index contributed by atoms with van der Waals surface area (Å²) in [7, 11) is -3.08. The molecule has 0 aliphatic carbocycles. The van der Waals surface area contributed by atoms with Crippen molar-refractivity contribution in [1.29, 1.82) is 0 Å². The molecule has 1 fully saturated rings. The molecule has 1 aliphatic heterocycles. The van der Waals surface area contributed by atoms with Crippen molar-refractivity contribution >= 4 is 7.60 Å². The summed E-state index contributed by atoms with van der Waals surface area (Å²) < 4.78 is 22.5. The van der Waals surface area contributed by atoms with Crippen LogP contribution in [-0.4, -0.2) is 13.2 Å². The van der Waals surface area contributed by atoms with Crippen molar-refractivity contribution in [3.63, 3.8) is 0 Å². The molecule has 0 bridgehead atoms. The fourth-order valence-electron chi connectivity index (χ4n) is 1.69. The van der Waals surface area contributed by atoms with E-state index in [1.165, 1.54) is 0 Å². The van der Waals surface area contributed by atoms with Crippen molar-refractivity contribution in [2.45, 2.75) is 12.8 Å². The molecule has 2 rings (SSSR count). The third-order valence-corrected chi connectivity index (χ3v) is 4.89. The summed E-state index contributed by atoms with van der Waals surface area (Å²) in [6.07, 6.45) is 0. The Hall–Kier alpha value is -0.890. The second-order valence-electron chi connectivity index (χ2n) is 3.79. The Kier molecular flexibility index (Phi) is 3.29. The van der Waals surface area contributed by atoms with E-state index in [4.69, 9.17) is 9.05 Å². The molecule has 3 nitrogen and oxygen atoms in total. The second-order valence-corrected chi connectivity index (χ2v) is 5.87. The quantitative estimate of drug-likeness (QED) is 0.755. The van der Waals surface area contributed by atoms with Crippen LogP contribution >= 0.6 is 7.60 Å². The Morgan fingerprint density at radius 2 is 1.88 bits per heavy atom. The molecule has 0 amide bonds. The summed E-state index contributed by atoms with van der Waals surface area (Å²) in [6.45, 7) is 6.61. The maximum Gasteiger partial charge on any atom is 0.357 e. The Labute approximate surface area is 95.6 Å². The van der Waals surface area contributed by atoms with Gasteiger partial charge in [-0.2, -0.15) is 0 Å². The van der Waals surface area contributed by atoms with Crippen LogP contribution in [0.1, 0.15) is 18.4 Å². The third-order valence-electron chi connectivity index (χ3n) is 2.76. The Balaban J connectivity index is 2.20. The van der Waals surface area contributed by atoms with Crippen molar-refractivity contribution in [1.82, 2.24) is 0 Å². The van der Waals surface area contributed by atoms with Crippen LogP contribution in [0.3, 0.4) is 0 Å². The number of rotatable bonds is 3. The maximum absolute atomic E-state index is 12.2. The first-order chi connectivity index (χ1) is 7.63. The number of hydrogen-bond donors (Lipinski definition) is 0. The van der Waals surface area contributed by atoms with E-state index in [9.17, 15) is 4.57 Å². The number of allylic oxidation sites excluding steroid dienone is 1. The molecule has 16 heavy (non-hydrogen) atoms. The molecule has 1 aromatic rings. The minimum absolute atomic E-state index is 0.0230. The lowest BCUT2D eigenvalue weighted by atomic mass is 10.0. The summed E-state index contributed by atoms with van der Waals surface area (Å²) in [4.78, 5) is 0. The Morgan fingerprint density at radius 3 is 2.44 bits per heavy atom.